The molecule has 0 aliphatic carbocycles. The molecule has 0 saturated carbocycles. The number of fused-ring (bicyclic) bond motifs is 1. The van der Waals surface area contributed by atoms with Crippen LogP contribution in [0.1, 0.15) is 0 Å². The highest BCUT2D eigenvalue weighted by Gasteiger charge is 2.13. The minimum atomic E-state index is -0.656. The number of rotatable bonds is 6. The Labute approximate surface area is 133 Å². The van der Waals surface area contributed by atoms with Gasteiger partial charge in [0.05, 0.1) is 27.8 Å². The minimum absolute atomic E-state index is 0.0778. The summed E-state index contributed by atoms with van der Waals surface area (Å²) in [6, 6.07) is 7.87. The molecule has 0 aliphatic rings. The quantitative estimate of drug-likeness (QED) is 0.422. The fraction of sp³-hybridized carbons (Fsp3) is 0.231. The zero-order valence-corrected chi connectivity index (χ0v) is 13.0. The van der Waals surface area contributed by atoms with Gasteiger partial charge in [-0.3, -0.25) is 14.8 Å². The van der Waals surface area contributed by atoms with Crippen LogP contribution >= 0.6 is 23.1 Å². The van der Waals surface area contributed by atoms with E-state index in [1.165, 1.54) is 28.8 Å². The molecule has 9 heteroatoms. The summed E-state index contributed by atoms with van der Waals surface area (Å²) < 4.78 is 3.38. The van der Waals surface area contributed by atoms with Crippen LogP contribution in [0.2, 0.25) is 0 Å². The maximum Gasteiger partial charge on any atom is 0.306 e. The SMILES string of the molecule is O=[N+]([O-])c1cnn(CC(O)CSc2nc3ccccc3s2)c1. The Morgan fingerprint density at radius 2 is 2.27 bits per heavy atom. The van der Waals surface area contributed by atoms with Crippen molar-refractivity contribution in [1.29, 1.82) is 0 Å². The highest BCUT2D eigenvalue weighted by atomic mass is 32.2. The van der Waals surface area contributed by atoms with Gasteiger partial charge in [-0.2, -0.15) is 5.10 Å². The van der Waals surface area contributed by atoms with Crippen LogP contribution in [0.5, 0.6) is 0 Å². The second-order valence-corrected chi connectivity index (χ2v) is 6.89. The lowest BCUT2D eigenvalue weighted by Gasteiger charge is -2.08. The minimum Gasteiger partial charge on any atom is -0.390 e. The molecule has 0 radical (unpaired) electrons. The Morgan fingerprint density at radius 1 is 1.45 bits per heavy atom. The number of nitro groups is 1. The van der Waals surface area contributed by atoms with Crippen LogP contribution in [0.15, 0.2) is 41.0 Å². The van der Waals surface area contributed by atoms with E-state index in [1.54, 1.807) is 11.3 Å². The van der Waals surface area contributed by atoms with E-state index in [9.17, 15) is 15.2 Å². The van der Waals surface area contributed by atoms with Gasteiger partial charge in [-0.25, -0.2) is 4.98 Å². The number of benzene rings is 1. The van der Waals surface area contributed by atoms with Crippen molar-refractivity contribution in [3.05, 3.63) is 46.8 Å². The van der Waals surface area contributed by atoms with Gasteiger partial charge in [0.1, 0.15) is 12.4 Å². The first-order valence-corrected chi connectivity index (χ1v) is 8.25. The van der Waals surface area contributed by atoms with Crippen LogP contribution in [0, 0.1) is 10.1 Å². The molecule has 0 saturated heterocycles. The molecule has 3 rings (SSSR count). The van der Waals surface area contributed by atoms with Crippen LogP contribution < -0.4 is 0 Å². The van der Waals surface area contributed by atoms with Gasteiger partial charge >= 0.3 is 5.69 Å². The van der Waals surface area contributed by atoms with Crippen molar-refractivity contribution in [1.82, 2.24) is 14.8 Å². The van der Waals surface area contributed by atoms with Crippen molar-refractivity contribution in [3.63, 3.8) is 0 Å². The molecule has 1 N–H and O–H groups in total. The third kappa shape index (κ3) is 3.43. The monoisotopic (exact) mass is 336 g/mol. The number of aliphatic hydroxyl groups excluding tert-OH is 1. The van der Waals surface area contributed by atoms with Crippen molar-refractivity contribution in [2.45, 2.75) is 17.0 Å². The second kappa shape index (κ2) is 6.42. The van der Waals surface area contributed by atoms with Gasteiger partial charge < -0.3 is 5.11 Å². The number of thiazole rings is 1. The van der Waals surface area contributed by atoms with Crippen molar-refractivity contribution in [3.8, 4) is 0 Å². The Kier molecular flexibility index (Phi) is 4.36. The summed E-state index contributed by atoms with van der Waals surface area (Å²) in [5, 5.41) is 24.4. The normalized spacial score (nSPS) is 12.6. The van der Waals surface area contributed by atoms with Gasteiger partial charge in [-0.15, -0.1) is 11.3 Å². The Morgan fingerprint density at radius 3 is 3.00 bits per heavy atom. The van der Waals surface area contributed by atoms with E-state index in [1.807, 2.05) is 24.3 Å². The molecule has 2 heterocycles. The van der Waals surface area contributed by atoms with Crippen molar-refractivity contribution in [2.24, 2.45) is 0 Å². The number of hydrogen-bond acceptors (Lipinski definition) is 7. The zero-order valence-electron chi connectivity index (χ0n) is 11.3. The lowest BCUT2D eigenvalue weighted by Crippen LogP contribution is -2.18. The van der Waals surface area contributed by atoms with Gasteiger partial charge in [-0.1, -0.05) is 23.9 Å². The second-order valence-electron chi connectivity index (χ2n) is 4.59. The zero-order chi connectivity index (χ0) is 15.5. The van der Waals surface area contributed by atoms with Crippen LogP contribution in [0.3, 0.4) is 0 Å². The van der Waals surface area contributed by atoms with Gasteiger partial charge in [0.2, 0.25) is 0 Å². The molecule has 22 heavy (non-hydrogen) atoms. The van der Waals surface area contributed by atoms with Gasteiger partial charge in [0.15, 0.2) is 4.34 Å². The molecule has 7 nitrogen and oxygen atoms in total. The van der Waals surface area contributed by atoms with Crippen LogP contribution in [0.25, 0.3) is 10.2 Å². The molecule has 114 valence electrons. The topological polar surface area (TPSA) is 94.1 Å². The molecule has 1 unspecified atom stereocenters. The number of nitrogens with zero attached hydrogens (tertiary/aromatic N) is 4. The van der Waals surface area contributed by atoms with Gasteiger partial charge in [0, 0.05) is 5.75 Å². The Hall–Kier alpha value is -1.97. The molecule has 0 amide bonds. The fourth-order valence-electron chi connectivity index (χ4n) is 1.90. The summed E-state index contributed by atoms with van der Waals surface area (Å²) in [7, 11) is 0. The van der Waals surface area contributed by atoms with Crippen LogP contribution in [0.4, 0.5) is 5.69 Å². The first-order chi connectivity index (χ1) is 10.6. The van der Waals surface area contributed by atoms with Crippen molar-refractivity contribution in [2.75, 3.05) is 5.75 Å². The number of hydrogen-bond donors (Lipinski definition) is 1. The first-order valence-electron chi connectivity index (χ1n) is 6.45. The summed E-state index contributed by atoms with van der Waals surface area (Å²) in [5.41, 5.74) is 0.873. The van der Waals surface area contributed by atoms with Crippen molar-refractivity contribution < 1.29 is 10.0 Å². The number of para-hydroxylation sites is 1. The number of thioether (sulfide) groups is 1. The van der Waals surface area contributed by atoms with Crippen LogP contribution in [-0.4, -0.2) is 36.7 Å². The summed E-state index contributed by atoms with van der Waals surface area (Å²) >= 11 is 3.05. The van der Waals surface area contributed by atoms with E-state index < -0.39 is 11.0 Å². The van der Waals surface area contributed by atoms with E-state index in [4.69, 9.17) is 0 Å². The van der Waals surface area contributed by atoms with E-state index in [0.29, 0.717) is 5.75 Å². The molecule has 0 fully saturated rings. The molecule has 1 atom stereocenters. The predicted molar refractivity (Wildman–Crippen MR) is 85.2 cm³/mol. The smallest absolute Gasteiger partial charge is 0.306 e. The fourth-order valence-corrected chi connectivity index (χ4v) is 3.91. The van der Waals surface area contributed by atoms with Gasteiger partial charge in [-0.05, 0) is 12.1 Å². The molecule has 3 aromatic rings. The summed E-state index contributed by atoms with van der Waals surface area (Å²) in [5.74, 6) is 0.452. The Bertz CT molecular complexity index is 768. The Balaban J connectivity index is 1.57. The van der Waals surface area contributed by atoms with Crippen molar-refractivity contribution >= 4 is 39.0 Å². The summed E-state index contributed by atoms with van der Waals surface area (Å²) in [6.07, 6.45) is 1.83. The molecule has 1 aromatic carbocycles. The highest BCUT2D eigenvalue weighted by molar-refractivity contribution is 8.01. The maximum absolute atomic E-state index is 10.6. The average molecular weight is 336 g/mol. The third-order valence-electron chi connectivity index (χ3n) is 2.90. The molecule has 0 aliphatic heterocycles. The molecular weight excluding hydrogens is 324 g/mol. The van der Waals surface area contributed by atoms with E-state index >= 15 is 0 Å². The summed E-state index contributed by atoms with van der Waals surface area (Å²) in [6.45, 7) is 0.214. The molecular formula is C13H12N4O3S2. The molecule has 0 spiro atoms. The average Bonchev–Trinajstić information content (AvgIpc) is 3.11. The van der Waals surface area contributed by atoms with E-state index in [2.05, 4.69) is 10.1 Å². The van der Waals surface area contributed by atoms with Gasteiger partial charge in [0.25, 0.3) is 0 Å². The number of aliphatic hydroxyl groups is 1. The predicted octanol–water partition coefficient (Wildman–Crippen LogP) is 2.55. The molecule has 0 bridgehead atoms. The van der Waals surface area contributed by atoms with E-state index in [-0.39, 0.29) is 12.2 Å². The first kappa shape index (κ1) is 14.9. The standard InChI is InChI=1S/C13H12N4O3S2/c18-10(7-16-6-9(5-14-16)17(19)20)8-21-13-15-11-3-1-2-4-12(11)22-13/h1-6,10,18H,7-8H2. The third-order valence-corrected chi connectivity index (χ3v) is 5.23. The number of aromatic nitrogens is 3. The lowest BCUT2D eigenvalue weighted by molar-refractivity contribution is -0.385. The van der Waals surface area contributed by atoms with Crippen LogP contribution in [-0.2, 0) is 6.54 Å². The lowest BCUT2D eigenvalue weighted by atomic mass is 10.3. The largest absolute Gasteiger partial charge is 0.390 e. The highest BCUT2D eigenvalue weighted by Crippen LogP contribution is 2.29. The summed E-state index contributed by atoms with van der Waals surface area (Å²) in [4.78, 5) is 14.5. The van der Waals surface area contributed by atoms with E-state index in [0.717, 1.165) is 14.6 Å². The maximum atomic E-state index is 10.6. The molecule has 2 aromatic heterocycles.